The van der Waals surface area contributed by atoms with Gasteiger partial charge in [-0.2, -0.15) is 0 Å². The molecule has 0 aromatic heterocycles. The molecule has 1 aromatic carbocycles. The average Bonchev–Trinajstić information content (AvgIpc) is 1.98. The van der Waals surface area contributed by atoms with Crippen LogP contribution in [0.25, 0.3) is 0 Å². The maximum atomic E-state index is 12.8. The summed E-state index contributed by atoms with van der Waals surface area (Å²) in [4.78, 5) is 0. The largest absolute Gasteiger partial charge is 0.456 e. The van der Waals surface area contributed by atoms with Gasteiger partial charge in [0.25, 0.3) is 0 Å². The van der Waals surface area contributed by atoms with Crippen LogP contribution in [0.3, 0.4) is 0 Å². The molecule has 12 heavy (non-hydrogen) atoms. The summed E-state index contributed by atoms with van der Waals surface area (Å²) in [6.07, 6.45) is 0.0261. The minimum absolute atomic E-state index is 0.0261. The second kappa shape index (κ2) is 4.02. The Labute approximate surface area is 78.3 Å². The van der Waals surface area contributed by atoms with Gasteiger partial charge in [-0.25, -0.2) is 4.39 Å². The van der Waals surface area contributed by atoms with Crippen LogP contribution in [0.4, 0.5) is 4.39 Å². The lowest BCUT2D eigenvalue weighted by Gasteiger charge is -2.03. The molecule has 2 N–H and O–H groups in total. The Morgan fingerprint density at radius 2 is 2.08 bits per heavy atom. The lowest BCUT2D eigenvalue weighted by molar-refractivity contribution is 0.405. The summed E-state index contributed by atoms with van der Waals surface area (Å²) >= 11 is 3.01. The average molecular weight is 233 g/mol. The first-order valence-corrected chi connectivity index (χ1v) is 4.19. The minimum atomic E-state index is -1.44. The smallest absolute Gasteiger partial charge is 0.427 e. The molecule has 0 heterocycles. The number of halogens is 2. The molecule has 0 unspecified atom stereocenters. The molecule has 0 aliphatic rings. The van der Waals surface area contributed by atoms with E-state index < -0.39 is 12.9 Å². The Balaban J connectivity index is 2.92. The van der Waals surface area contributed by atoms with Crippen LogP contribution in [0.1, 0.15) is 5.56 Å². The van der Waals surface area contributed by atoms with Crippen LogP contribution in [0.2, 0.25) is 0 Å². The summed E-state index contributed by atoms with van der Waals surface area (Å²) in [5.74, 6) is -0.395. The molecule has 64 valence electrons. The normalized spacial score (nSPS) is 10.0. The van der Waals surface area contributed by atoms with E-state index in [9.17, 15) is 4.39 Å². The van der Waals surface area contributed by atoms with Gasteiger partial charge in [0, 0.05) is 6.32 Å². The van der Waals surface area contributed by atoms with Gasteiger partial charge in [-0.1, -0.05) is 12.1 Å². The highest BCUT2D eigenvalue weighted by molar-refractivity contribution is 9.10. The zero-order valence-corrected chi connectivity index (χ0v) is 7.75. The maximum Gasteiger partial charge on any atom is 0.456 e. The van der Waals surface area contributed by atoms with Crippen molar-refractivity contribution in [2.24, 2.45) is 0 Å². The SMILES string of the molecule is OB(O)Cc1cccc(F)c1Br. The number of benzene rings is 1. The number of rotatable bonds is 2. The van der Waals surface area contributed by atoms with Gasteiger partial charge in [0.1, 0.15) is 5.82 Å². The van der Waals surface area contributed by atoms with E-state index in [4.69, 9.17) is 10.0 Å². The van der Waals surface area contributed by atoms with Crippen LogP contribution >= 0.6 is 15.9 Å². The zero-order chi connectivity index (χ0) is 9.14. The van der Waals surface area contributed by atoms with E-state index in [2.05, 4.69) is 15.9 Å². The van der Waals surface area contributed by atoms with Crippen molar-refractivity contribution in [3.8, 4) is 0 Å². The van der Waals surface area contributed by atoms with Gasteiger partial charge in [0.05, 0.1) is 4.47 Å². The van der Waals surface area contributed by atoms with E-state index >= 15 is 0 Å². The van der Waals surface area contributed by atoms with E-state index in [1.807, 2.05) is 0 Å². The molecule has 0 aliphatic carbocycles. The third-order valence-electron chi connectivity index (χ3n) is 1.43. The van der Waals surface area contributed by atoms with Gasteiger partial charge in [-0.15, -0.1) is 0 Å². The van der Waals surface area contributed by atoms with E-state index in [0.717, 1.165) is 0 Å². The molecule has 0 amide bonds. The fraction of sp³-hybridized carbons (Fsp3) is 0.143. The Morgan fingerprint density at radius 1 is 1.42 bits per heavy atom. The van der Waals surface area contributed by atoms with Crippen molar-refractivity contribution in [2.75, 3.05) is 0 Å². The molecule has 1 rings (SSSR count). The first kappa shape index (κ1) is 9.70. The zero-order valence-electron chi connectivity index (χ0n) is 6.17. The van der Waals surface area contributed by atoms with Crippen LogP contribution in [0, 0.1) is 5.82 Å². The fourth-order valence-corrected chi connectivity index (χ4v) is 1.33. The quantitative estimate of drug-likeness (QED) is 0.752. The molecule has 0 atom stereocenters. The lowest BCUT2D eigenvalue weighted by Crippen LogP contribution is -2.15. The van der Waals surface area contributed by atoms with Gasteiger partial charge in [-0.3, -0.25) is 0 Å². The predicted octanol–water partition coefficient (Wildman–Crippen LogP) is 1.14. The van der Waals surface area contributed by atoms with E-state index in [-0.39, 0.29) is 10.8 Å². The van der Waals surface area contributed by atoms with Gasteiger partial charge in [0.2, 0.25) is 0 Å². The molecular weight excluding hydrogens is 226 g/mol. The molecule has 0 saturated heterocycles. The van der Waals surface area contributed by atoms with Crippen LogP contribution in [0.15, 0.2) is 22.7 Å². The molecule has 0 spiro atoms. The highest BCUT2D eigenvalue weighted by Gasteiger charge is 2.12. The molecule has 0 aliphatic heterocycles. The molecule has 0 radical (unpaired) electrons. The highest BCUT2D eigenvalue weighted by Crippen LogP contribution is 2.20. The van der Waals surface area contributed by atoms with Crippen molar-refractivity contribution in [1.82, 2.24) is 0 Å². The summed E-state index contributed by atoms with van der Waals surface area (Å²) in [6.45, 7) is 0. The van der Waals surface area contributed by atoms with Gasteiger partial charge >= 0.3 is 7.12 Å². The first-order chi connectivity index (χ1) is 5.61. The van der Waals surface area contributed by atoms with Crippen molar-refractivity contribution in [1.29, 1.82) is 0 Å². The minimum Gasteiger partial charge on any atom is -0.427 e. The third-order valence-corrected chi connectivity index (χ3v) is 2.32. The van der Waals surface area contributed by atoms with Gasteiger partial charge in [-0.05, 0) is 27.6 Å². The molecule has 1 aromatic rings. The fourth-order valence-electron chi connectivity index (χ4n) is 0.903. The Morgan fingerprint density at radius 3 is 2.67 bits per heavy atom. The molecule has 2 nitrogen and oxygen atoms in total. The third kappa shape index (κ3) is 2.30. The summed E-state index contributed by atoms with van der Waals surface area (Å²) < 4.78 is 13.1. The summed E-state index contributed by atoms with van der Waals surface area (Å²) in [5.41, 5.74) is 0.546. The van der Waals surface area contributed by atoms with Crippen molar-refractivity contribution in [3.63, 3.8) is 0 Å². The topological polar surface area (TPSA) is 40.5 Å². The first-order valence-electron chi connectivity index (χ1n) is 3.40. The standard InChI is InChI=1S/C7H7BBrFO2/c9-7-5(4-8(11)12)2-1-3-6(7)10/h1-3,11-12H,4H2. The van der Waals surface area contributed by atoms with Crippen molar-refractivity contribution in [3.05, 3.63) is 34.1 Å². The van der Waals surface area contributed by atoms with E-state index in [1.54, 1.807) is 6.07 Å². The van der Waals surface area contributed by atoms with E-state index in [0.29, 0.717) is 5.56 Å². The maximum absolute atomic E-state index is 12.8. The highest BCUT2D eigenvalue weighted by atomic mass is 79.9. The summed E-state index contributed by atoms with van der Waals surface area (Å²) in [6, 6.07) is 4.46. The Kier molecular flexibility index (Phi) is 3.25. The second-order valence-corrected chi connectivity index (χ2v) is 3.19. The summed E-state index contributed by atoms with van der Waals surface area (Å²) in [7, 11) is -1.44. The summed E-state index contributed by atoms with van der Waals surface area (Å²) in [5, 5.41) is 17.3. The van der Waals surface area contributed by atoms with Crippen LogP contribution in [-0.4, -0.2) is 17.2 Å². The molecular formula is C7H7BBrFO2. The van der Waals surface area contributed by atoms with Gasteiger partial charge < -0.3 is 10.0 Å². The molecule has 0 bridgehead atoms. The van der Waals surface area contributed by atoms with Crippen molar-refractivity contribution < 1.29 is 14.4 Å². The van der Waals surface area contributed by atoms with Crippen molar-refractivity contribution in [2.45, 2.75) is 6.32 Å². The molecule has 0 saturated carbocycles. The van der Waals surface area contributed by atoms with Crippen LogP contribution in [-0.2, 0) is 6.32 Å². The predicted molar refractivity (Wildman–Crippen MR) is 48.0 cm³/mol. The monoisotopic (exact) mass is 232 g/mol. The Hall–Kier alpha value is -0.385. The molecule has 0 fully saturated rings. The number of hydrogen-bond acceptors (Lipinski definition) is 2. The number of hydrogen-bond donors (Lipinski definition) is 2. The van der Waals surface area contributed by atoms with Crippen LogP contribution in [0.5, 0.6) is 0 Å². The van der Waals surface area contributed by atoms with Crippen molar-refractivity contribution >= 4 is 23.0 Å². The van der Waals surface area contributed by atoms with E-state index in [1.165, 1.54) is 12.1 Å². The van der Waals surface area contributed by atoms with Gasteiger partial charge in [0.15, 0.2) is 0 Å². The molecule has 5 heteroatoms. The van der Waals surface area contributed by atoms with Crippen LogP contribution < -0.4 is 0 Å². The lowest BCUT2D eigenvalue weighted by atomic mass is 9.82. The Bertz CT molecular complexity index is 280. The second-order valence-electron chi connectivity index (χ2n) is 2.40.